The van der Waals surface area contributed by atoms with Gasteiger partial charge in [0.15, 0.2) is 0 Å². The second-order valence-corrected chi connectivity index (χ2v) is 4.73. The quantitative estimate of drug-likeness (QED) is 0.782. The van der Waals surface area contributed by atoms with E-state index >= 15 is 0 Å². The van der Waals surface area contributed by atoms with E-state index in [1.165, 1.54) is 24.3 Å². The molecule has 0 radical (unpaired) electrons. The molecule has 0 unspecified atom stereocenters. The Labute approximate surface area is 88.5 Å². The second-order valence-electron chi connectivity index (χ2n) is 3.51. The zero-order chi connectivity index (χ0) is 9.80. The van der Waals surface area contributed by atoms with E-state index in [0.29, 0.717) is 6.04 Å². The minimum atomic E-state index is 0.590. The molecular formula is C10H15N3S. The molecule has 2 rings (SSSR count). The molecular weight excluding hydrogens is 194 g/mol. The fourth-order valence-corrected chi connectivity index (χ4v) is 2.65. The topological polar surface area (TPSA) is 50.9 Å². The summed E-state index contributed by atoms with van der Waals surface area (Å²) in [6.45, 7) is 0. The largest absolute Gasteiger partial charge is 0.397 e. The number of nitrogens with two attached hydrogens (primary N) is 1. The van der Waals surface area contributed by atoms with Crippen LogP contribution in [0.5, 0.6) is 0 Å². The summed E-state index contributed by atoms with van der Waals surface area (Å²) in [5, 5.41) is 3.43. The Morgan fingerprint density at radius 2 is 2.14 bits per heavy atom. The molecule has 0 spiro atoms. The molecule has 0 aromatic carbocycles. The lowest BCUT2D eigenvalue weighted by Gasteiger charge is -2.22. The maximum atomic E-state index is 5.57. The summed E-state index contributed by atoms with van der Waals surface area (Å²) in [7, 11) is 0. The molecule has 14 heavy (non-hydrogen) atoms. The summed E-state index contributed by atoms with van der Waals surface area (Å²) in [5.74, 6) is 3.45. The van der Waals surface area contributed by atoms with Crippen LogP contribution in [0.3, 0.4) is 0 Å². The van der Waals surface area contributed by atoms with Crippen molar-refractivity contribution in [2.75, 3.05) is 22.6 Å². The molecule has 4 heteroatoms. The summed E-state index contributed by atoms with van der Waals surface area (Å²) < 4.78 is 0. The van der Waals surface area contributed by atoms with Crippen molar-refractivity contribution in [1.82, 2.24) is 4.98 Å². The van der Waals surface area contributed by atoms with Gasteiger partial charge in [-0.25, -0.2) is 4.98 Å². The number of anilines is 2. The molecule has 1 aliphatic rings. The van der Waals surface area contributed by atoms with Crippen molar-refractivity contribution in [3.63, 3.8) is 0 Å². The number of rotatable bonds is 2. The van der Waals surface area contributed by atoms with Crippen LogP contribution < -0.4 is 11.1 Å². The van der Waals surface area contributed by atoms with Crippen molar-refractivity contribution in [1.29, 1.82) is 0 Å². The number of aromatic nitrogens is 1. The molecule has 0 aliphatic carbocycles. The number of thioether (sulfide) groups is 1. The molecule has 1 fully saturated rings. The van der Waals surface area contributed by atoms with E-state index in [2.05, 4.69) is 10.3 Å². The van der Waals surface area contributed by atoms with Crippen LogP contribution >= 0.6 is 11.8 Å². The van der Waals surface area contributed by atoms with Gasteiger partial charge in [0, 0.05) is 6.04 Å². The Kier molecular flexibility index (Phi) is 3.14. The highest BCUT2D eigenvalue weighted by atomic mass is 32.2. The van der Waals surface area contributed by atoms with E-state index in [9.17, 15) is 0 Å². The van der Waals surface area contributed by atoms with Gasteiger partial charge >= 0.3 is 0 Å². The van der Waals surface area contributed by atoms with Gasteiger partial charge in [0.05, 0.1) is 11.9 Å². The third kappa shape index (κ3) is 2.54. The van der Waals surface area contributed by atoms with Crippen molar-refractivity contribution < 1.29 is 0 Å². The third-order valence-electron chi connectivity index (χ3n) is 2.36. The first-order valence-electron chi connectivity index (χ1n) is 4.90. The number of nitrogens with one attached hydrogen (secondary N) is 1. The molecule has 1 aromatic heterocycles. The first-order valence-corrected chi connectivity index (χ1v) is 6.06. The predicted molar refractivity (Wildman–Crippen MR) is 62.6 cm³/mol. The first kappa shape index (κ1) is 9.65. The fourth-order valence-electron chi connectivity index (χ4n) is 1.54. The second kappa shape index (κ2) is 4.55. The van der Waals surface area contributed by atoms with Crippen molar-refractivity contribution >= 4 is 23.3 Å². The van der Waals surface area contributed by atoms with Gasteiger partial charge in [0.25, 0.3) is 0 Å². The first-order chi connectivity index (χ1) is 6.84. The number of hydrogen-bond acceptors (Lipinski definition) is 4. The van der Waals surface area contributed by atoms with Crippen LogP contribution in [0.1, 0.15) is 12.8 Å². The summed E-state index contributed by atoms with van der Waals surface area (Å²) in [5.41, 5.74) is 6.28. The molecule has 0 bridgehead atoms. The van der Waals surface area contributed by atoms with E-state index in [-0.39, 0.29) is 0 Å². The van der Waals surface area contributed by atoms with Gasteiger partial charge in [0.1, 0.15) is 5.82 Å². The van der Waals surface area contributed by atoms with Gasteiger partial charge in [-0.1, -0.05) is 0 Å². The van der Waals surface area contributed by atoms with Gasteiger partial charge in [0.2, 0.25) is 0 Å². The number of pyridine rings is 1. The minimum Gasteiger partial charge on any atom is -0.397 e. The SMILES string of the molecule is Nc1ccc(NC2CCSCC2)nc1. The average Bonchev–Trinajstić information content (AvgIpc) is 2.23. The van der Waals surface area contributed by atoms with E-state index < -0.39 is 0 Å². The molecule has 0 atom stereocenters. The standard InChI is InChI=1S/C10H15N3S/c11-8-1-2-10(12-7-8)13-9-3-5-14-6-4-9/h1-2,7,9H,3-6,11H2,(H,12,13). The van der Waals surface area contributed by atoms with Gasteiger partial charge in [-0.15, -0.1) is 0 Å². The van der Waals surface area contributed by atoms with Crippen molar-refractivity contribution in [3.05, 3.63) is 18.3 Å². The zero-order valence-corrected chi connectivity index (χ0v) is 8.89. The average molecular weight is 209 g/mol. The molecule has 1 saturated heterocycles. The summed E-state index contributed by atoms with van der Waals surface area (Å²) in [6.07, 6.45) is 4.16. The molecule has 3 nitrogen and oxygen atoms in total. The maximum absolute atomic E-state index is 5.57. The normalized spacial score (nSPS) is 18.0. The molecule has 76 valence electrons. The van der Waals surface area contributed by atoms with Gasteiger partial charge in [-0.05, 0) is 36.5 Å². The van der Waals surface area contributed by atoms with Crippen LogP contribution in [-0.4, -0.2) is 22.5 Å². The van der Waals surface area contributed by atoms with Gasteiger partial charge < -0.3 is 11.1 Å². The molecule has 1 aliphatic heterocycles. The van der Waals surface area contributed by atoms with Crippen LogP contribution in [-0.2, 0) is 0 Å². The fraction of sp³-hybridized carbons (Fsp3) is 0.500. The number of hydrogen-bond donors (Lipinski definition) is 2. The van der Waals surface area contributed by atoms with Crippen LogP contribution in [0.4, 0.5) is 11.5 Å². The number of nitrogens with zero attached hydrogens (tertiary/aromatic N) is 1. The van der Waals surface area contributed by atoms with Crippen LogP contribution in [0.2, 0.25) is 0 Å². The Balaban J connectivity index is 1.92. The van der Waals surface area contributed by atoms with Gasteiger partial charge in [-0.3, -0.25) is 0 Å². The molecule has 0 amide bonds. The van der Waals surface area contributed by atoms with Crippen molar-refractivity contribution in [2.45, 2.75) is 18.9 Å². The third-order valence-corrected chi connectivity index (χ3v) is 3.41. The predicted octanol–water partition coefficient (Wildman–Crippen LogP) is 1.97. The Hall–Kier alpha value is -0.900. The van der Waals surface area contributed by atoms with Crippen molar-refractivity contribution in [3.8, 4) is 0 Å². The smallest absolute Gasteiger partial charge is 0.126 e. The lowest BCUT2D eigenvalue weighted by atomic mass is 10.1. The van der Waals surface area contributed by atoms with E-state index in [4.69, 9.17) is 5.73 Å². The van der Waals surface area contributed by atoms with Crippen molar-refractivity contribution in [2.24, 2.45) is 0 Å². The maximum Gasteiger partial charge on any atom is 0.126 e. The van der Waals surface area contributed by atoms with Crippen LogP contribution in [0, 0.1) is 0 Å². The van der Waals surface area contributed by atoms with Gasteiger partial charge in [-0.2, -0.15) is 11.8 Å². The summed E-state index contributed by atoms with van der Waals surface area (Å²) in [6, 6.07) is 4.41. The minimum absolute atomic E-state index is 0.590. The van der Waals surface area contributed by atoms with E-state index in [1.54, 1.807) is 6.20 Å². The number of nitrogen functional groups attached to an aromatic ring is 1. The zero-order valence-electron chi connectivity index (χ0n) is 8.07. The lowest BCUT2D eigenvalue weighted by Crippen LogP contribution is -2.24. The lowest BCUT2D eigenvalue weighted by molar-refractivity contribution is 0.664. The van der Waals surface area contributed by atoms with Crippen LogP contribution in [0.25, 0.3) is 0 Å². The Morgan fingerprint density at radius 3 is 2.79 bits per heavy atom. The summed E-state index contributed by atoms with van der Waals surface area (Å²) in [4.78, 5) is 4.23. The highest BCUT2D eigenvalue weighted by molar-refractivity contribution is 7.99. The molecule has 3 N–H and O–H groups in total. The summed E-state index contributed by atoms with van der Waals surface area (Å²) >= 11 is 2.03. The Bertz CT molecular complexity index is 280. The van der Waals surface area contributed by atoms with Crippen LogP contribution in [0.15, 0.2) is 18.3 Å². The highest BCUT2D eigenvalue weighted by Gasteiger charge is 2.13. The molecule has 1 aromatic rings. The van der Waals surface area contributed by atoms with E-state index in [1.807, 2.05) is 23.9 Å². The van der Waals surface area contributed by atoms with E-state index in [0.717, 1.165) is 11.5 Å². The molecule has 2 heterocycles. The molecule has 0 saturated carbocycles. The monoisotopic (exact) mass is 209 g/mol. The highest BCUT2D eigenvalue weighted by Crippen LogP contribution is 2.20. The Morgan fingerprint density at radius 1 is 1.36 bits per heavy atom.